The topological polar surface area (TPSA) is 108 Å². The Morgan fingerprint density at radius 1 is 0.952 bits per heavy atom. The molecule has 2 aromatic carbocycles. The molecule has 6 unspecified atom stereocenters. The van der Waals surface area contributed by atoms with Crippen molar-refractivity contribution in [2.45, 2.75) is 32.3 Å². The zero-order valence-electron chi connectivity index (χ0n) is 22.5. The molecule has 3 heterocycles. The second-order valence-corrected chi connectivity index (χ2v) is 12.0. The summed E-state index contributed by atoms with van der Waals surface area (Å²) in [6.07, 6.45) is 2.40. The highest BCUT2D eigenvalue weighted by atomic mass is 35.5. The van der Waals surface area contributed by atoms with Gasteiger partial charge in [0, 0.05) is 0 Å². The van der Waals surface area contributed by atoms with Crippen LogP contribution in [0.25, 0.3) is 0 Å². The third-order valence-electron chi connectivity index (χ3n) is 9.57. The van der Waals surface area contributed by atoms with Crippen molar-refractivity contribution < 1.29 is 33.1 Å². The van der Waals surface area contributed by atoms with Gasteiger partial charge in [-0.05, 0) is 68.1 Å². The van der Waals surface area contributed by atoms with Gasteiger partial charge in [0.15, 0.2) is 0 Å². The van der Waals surface area contributed by atoms with Gasteiger partial charge in [-0.25, -0.2) is 9.29 Å². The van der Waals surface area contributed by atoms with Crippen molar-refractivity contribution in [3.63, 3.8) is 0 Å². The maximum atomic E-state index is 14.3. The number of imide groups is 2. The highest BCUT2D eigenvalue weighted by Gasteiger charge is 2.68. The van der Waals surface area contributed by atoms with Crippen LogP contribution in [-0.2, 0) is 25.8 Å². The number of allylic oxidation sites excluding steroid dienone is 2. The van der Waals surface area contributed by atoms with Gasteiger partial charge in [-0.2, -0.15) is 0 Å². The smallest absolute Gasteiger partial charge is 0.241 e. The van der Waals surface area contributed by atoms with Crippen LogP contribution in [0.2, 0.25) is 5.02 Å². The number of aliphatic hydroxyl groups is 1. The molecule has 2 aliphatic carbocycles. The summed E-state index contributed by atoms with van der Waals surface area (Å²) in [6.45, 7) is 1.36. The second-order valence-electron chi connectivity index (χ2n) is 11.6. The van der Waals surface area contributed by atoms with E-state index < -0.39 is 52.6 Å². The Kier molecular flexibility index (Phi) is 6.04. The minimum Gasteiger partial charge on any atom is -0.463 e. The number of hydrogen-bond donors (Lipinski definition) is 1. The number of benzene rings is 2. The number of fused-ring (bicyclic) bond motifs is 4. The number of furan rings is 1. The average Bonchev–Trinajstić information content (AvgIpc) is 3.61. The van der Waals surface area contributed by atoms with E-state index in [1.807, 2.05) is 6.08 Å². The molecule has 42 heavy (non-hydrogen) atoms. The first kappa shape index (κ1) is 26.8. The minimum atomic E-state index is -1.32. The SMILES string of the molecule is CC12C(=O)N(c3ccc(F)c(Cl)c3)C(=O)C1CC1C(=CCC3C(=O)N(c4ccccc4)C(=O)C31)C2c1ccc(CO)o1. The molecule has 4 amide bonds. The molecule has 2 saturated heterocycles. The number of aliphatic hydroxyl groups excluding tert-OH is 1. The number of amides is 4. The van der Waals surface area contributed by atoms with Crippen LogP contribution in [-0.4, -0.2) is 28.7 Å². The number of halogens is 2. The maximum Gasteiger partial charge on any atom is 0.241 e. The van der Waals surface area contributed by atoms with Gasteiger partial charge >= 0.3 is 0 Å². The number of rotatable bonds is 4. The molecule has 214 valence electrons. The predicted molar refractivity (Wildman–Crippen MR) is 150 cm³/mol. The summed E-state index contributed by atoms with van der Waals surface area (Å²) in [4.78, 5) is 58.3. The number of nitrogens with zero attached hydrogens (tertiary/aromatic N) is 2. The fourth-order valence-electron chi connectivity index (χ4n) is 7.65. The monoisotopic (exact) mass is 588 g/mol. The molecule has 1 saturated carbocycles. The Morgan fingerprint density at radius 2 is 1.71 bits per heavy atom. The Hall–Kier alpha value is -4.08. The zero-order valence-corrected chi connectivity index (χ0v) is 23.3. The molecule has 6 atom stereocenters. The van der Waals surface area contributed by atoms with Gasteiger partial charge in [0.2, 0.25) is 23.6 Å². The first-order chi connectivity index (χ1) is 20.2. The van der Waals surface area contributed by atoms with Crippen LogP contribution in [0.1, 0.15) is 37.2 Å². The summed E-state index contributed by atoms with van der Waals surface area (Å²) in [5, 5.41) is 9.50. The lowest BCUT2D eigenvalue weighted by Crippen LogP contribution is -2.48. The van der Waals surface area contributed by atoms with Crippen molar-refractivity contribution in [2.75, 3.05) is 9.80 Å². The molecule has 0 spiro atoms. The van der Waals surface area contributed by atoms with Crippen LogP contribution in [0.3, 0.4) is 0 Å². The molecular formula is C32H26ClFN2O6. The second kappa shape index (κ2) is 9.47. The molecule has 0 radical (unpaired) electrons. The van der Waals surface area contributed by atoms with Crippen LogP contribution in [0.5, 0.6) is 0 Å². The van der Waals surface area contributed by atoms with Crippen molar-refractivity contribution in [1.29, 1.82) is 0 Å². The van der Waals surface area contributed by atoms with Gasteiger partial charge in [-0.1, -0.05) is 41.4 Å². The van der Waals surface area contributed by atoms with E-state index in [0.29, 0.717) is 23.6 Å². The van der Waals surface area contributed by atoms with Crippen molar-refractivity contribution in [2.24, 2.45) is 29.1 Å². The van der Waals surface area contributed by atoms with Gasteiger partial charge < -0.3 is 9.52 Å². The fraction of sp³-hybridized carbons (Fsp3) is 0.312. The van der Waals surface area contributed by atoms with Crippen molar-refractivity contribution in [3.05, 3.63) is 94.7 Å². The first-order valence-electron chi connectivity index (χ1n) is 13.8. The molecular weight excluding hydrogens is 563 g/mol. The summed E-state index contributed by atoms with van der Waals surface area (Å²) in [5.41, 5.74) is 0.0944. The molecule has 4 aliphatic rings. The lowest BCUT2D eigenvalue weighted by Gasteiger charge is -2.48. The first-order valence-corrected chi connectivity index (χ1v) is 14.2. The summed E-state index contributed by atoms with van der Waals surface area (Å²) in [7, 11) is 0. The molecule has 3 fully saturated rings. The van der Waals surface area contributed by atoms with E-state index in [4.69, 9.17) is 16.0 Å². The molecule has 0 bridgehead atoms. The highest BCUT2D eigenvalue weighted by molar-refractivity contribution is 6.31. The molecule has 2 aliphatic heterocycles. The van der Waals surface area contributed by atoms with E-state index >= 15 is 0 Å². The zero-order chi connectivity index (χ0) is 29.5. The molecule has 3 aromatic rings. The van der Waals surface area contributed by atoms with Crippen LogP contribution >= 0.6 is 11.6 Å². The maximum absolute atomic E-state index is 14.3. The van der Waals surface area contributed by atoms with Gasteiger partial charge in [-0.3, -0.25) is 24.1 Å². The predicted octanol–water partition coefficient (Wildman–Crippen LogP) is 5.00. The van der Waals surface area contributed by atoms with Crippen molar-refractivity contribution in [1.82, 2.24) is 0 Å². The van der Waals surface area contributed by atoms with E-state index in [2.05, 4.69) is 0 Å². The molecule has 1 N–H and O–H groups in total. The minimum absolute atomic E-state index is 0.151. The Morgan fingerprint density at radius 3 is 2.40 bits per heavy atom. The van der Waals surface area contributed by atoms with E-state index in [1.54, 1.807) is 49.4 Å². The molecule has 10 heteroatoms. The number of hydrogen-bond acceptors (Lipinski definition) is 6. The van der Waals surface area contributed by atoms with Gasteiger partial charge in [0.25, 0.3) is 0 Å². The third-order valence-corrected chi connectivity index (χ3v) is 9.86. The molecule has 8 nitrogen and oxygen atoms in total. The van der Waals surface area contributed by atoms with Crippen molar-refractivity contribution >= 4 is 46.6 Å². The molecule has 1 aromatic heterocycles. The summed E-state index contributed by atoms with van der Waals surface area (Å²) in [6, 6.07) is 15.7. The number of para-hydroxylation sites is 1. The van der Waals surface area contributed by atoms with Gasteiger partial charge in [-0.15, -0.1) is 0 Å². The summed E-state index contributed by atoms with van der Waals surface area (Å²) in [5.74, 6) is -5.01. The average molecular weight is 589 g/mol. The molecule has 7 rings (SSSR count). The van der Waals surface area contributed by atoms with E-state index in [1.165, 1.54) is 17.0 Å². The lowest BCUT2D eigenvalue weighted by atomic mass is 9.52. The quantitative estimate of drug-likeness (QED) is 0.339. The van der Waals surface area contributed by atoms with E-state index in [-0.39, 0.29) is 35.6 Å². The Bertz CT molecular complexity index is 1700. The van der Waals surface area contributed by atoms with Gasteiger partial charge in [0.05, 0.1) is 45.5 Å². The van der Waals surface area contributed by atoms with Crippen LogP contribution in [0.15, 0.2) is 76.7 Å². The fourth-order valence-corrected chi connectivity index (χ4v) is 7.83. The Labute approximate surface area is 245 Å². The van der Waals surface area contributed by atoms with Crippen LogP contribution < -0.4 is 9.80 Å². The van der Waals surface area contributed by atoms with Crippen molar-refractivity contribution in [3.8, 4) is 0 Å². The van der Waals surface area contributed by atoms with E-state index in [0.717, 1.165) is 16.5 Å². The number of carbonyl (C=O) groups is 4. The third kappa shape index (κ3) is 3.56. The Balaban J connectivity index is 1.36. The normalized spacial score (nSPS) is 30.4. The van der Waals surface area contributed by atoms with Crippen LogP contribution in [0.4, 0.5) is 15.8 Å². The standard InChI is InChI=1S/C32H26ClFN2O6/c1-32-22(29(39)36(31(32)41)17-7-11-24(34)23(33)13-17)14-21-19(27(32)25-12-8-18(15-37)42-25)9-10-20-26(21)30(40)35(28(20)38)16-5-3-2-4-6-16/h2-9,11-13,20-22,26-27,37H,10,14-15H2,1H3. The van der Waals surface area contributed by atoms with Gasteiger partial charge in [0.1, 0.15) is 23.9 Å². The summed E-state index contributed by atoms with van der Waals surface area (Å²) >= 11 is 6.03. The van der Waals surface area contributed by atoms with Crippen LogP contribution in [0, 0.1) is 34.9 Å². The number of carbonyl (C=O) groups excluding carboxylic acids is 4. The van der Waals surface area contributed by atoms with E-state index in [9.17, 15) is 28.7 Å². The lowest BCUT2D eigenvalue weighted by molar-refractivity contribution is -0.131. The number of anilines is 2. The summed E-state index contributed by atoms with van der Waals surface area (Å²) < 4.78 is 20.0. The largest absolute Gasteiger partial charge is 0.463 e. The highest BCUT2D eigenvalue weighted by Crippen LogP contribution is 2.63.